The number of amides is 1. The molecule has 1 amide bonds. The number of aryl methyl sites for hydroxylation is 1. The number of carbonyl (C=O) groups is 2. The lowest BCUT2D eigenvalue weighted by molar-refractivity contribution is -0.117. The number of likely N-dealkylation sites (tertiary alicyclic amines) is 1. The molecule has 0 spiro atoms. The molecule has 0 aliphatic carbocycles. The number of nitrogens with zero attached hydrogens (tertiary/aromatic N) is 1. The molecule has 150 valence electrons. The minimum Gasteiger partial charge on any atom is -0.462 e. The van der Waals surface area contributed by atoms with Gasteiger partial charge in [-0.15, -0.1) is 11.3 Å². The molecule has 0 unspecified atom stereocenters. The maximum absolute atomic E-state index is 12.6. The zero-order valence-corrected chi connectivity index (χ0v) is 17.6. The van der Waals surface area contributed by atoms with Crippen LogP contribution >= 0.6 is 11.3 Å². The molecular weight excluding hydrogens is 372 g/mol. The number of thiophene rings is 1. The summed E-state index contributed by atoms with van der Waals surface area (Å²) in [7, 11) is 0. The van der Waals surface area contributed by atoms with Gasteiger partial charge in [-0.25, -0.2) is 4.79 Å². The highest BCUT2D eigenvalue weighted by Crippen LogP contribution is 2.36. The van der Waals surface area contributed by atoms with Crippen molar-refractivity contribution in [3.8, 4) is 11.1 Å². The van der Waals surface area contributed by atoms with Crippen molar-refractivity contribution in [2.75, 3.05) is 31.6 Å². The van der Waals surface area contributed by atoms with Gasteiger partial charge >= 0.3 is 5.97 Å². The van der Waals surface area contributed by atoms with Gasteiger partial charge in [-0.05, 0) is 51.3 Å². The maximum Gasteiger partial charge on any atom is 0.341 e. The molecule has 0 bridgehead atoms. The summed E-state index contributed by atoms with van der Waals surface area (Å²) in [4.78, 5) is 27.4. The van der Waals surface area contributed by atoms with Crippen LogP contribution < -0.4 is 5.32 Å². The van der Waals surface area contributed by atoms with E-state index in [-0.39, 0.29) is 5.91 Å². The van der Waals surface area contributed by atoms with Crippen LogP contribution in [0.5, 0.6) is 0 Å². The molecule has 28 heavy (non-hydrogen) atoms. The lowest BCUT2D eigenvalue weighted by atomic mass is 9.99. The third-order valence-electron chi connectivity index (χ3n) is 5.13. The van der Waals surface area contributed by atoms with Crippen molar-refractivity contribution < 1.29 is 14.3 Å². The van der Waals surface area contributed by atoms with Crippen LogP contribution in [0.3, 0.4) is 0 Å². The van der Waals surface area contributed by atoms with Gasteiger partial charge in [0.2, 0.25) is 5.91 Å². The summed E-state index contributed by atoms with van der Waals surface area (Å²) in [5.74, 6) is 0.239. The molecule has 2 heterocycles. The Morgan fingerprint density at radius 1 is 1.21 bits per heavy atom. The van der Waals surface area contributed by atoms with Crippen LogP contribution in [0.4, 0.5) is 5.00 Å². The van der Waals surface area contributed by atoms with Crippen LogP contribution in [-0.2, 0) is 9.53 Å². The summed E-state index contributed by atoms with van der Waals surface area (Å²) in [6, 6.07) is 8.00. The molecule has 1 aromatic heterocycles. The van der Waals surface area contributed by atoms with Gasteiger partial charge in [0.15, 0.2) is 0 Å². The van der Waals surface area contributed by atoms with Crippen LogP contribution in [0.2, 0.25) is 0 Å². The Kier molecular flexibility index (Phi) is 6.86. The third-order valence-corrected chi connectivity index (χ3v) is 6.03. The van der Waals surface area contributed by atoms with Crippen molar-refractivity contribution in [2.45, 2.75) is 33.6 Å². The number of piperidine rings is 1. The summed E-state index contributed by atoms with van der Waals surface area (Å²) in [5, 5.41) is 5.42. The molecule has 1 N–H and O–H groups in total. The van der Waals surface area contributed by atoms with E-state index in [4.69, 9.17) is 4.74 Å². The van der Waals surface area contributed by atoms with Gasteiger partial charge in [0, 0.05) is 10.9 Å². The lowest BCUT2D eigenvalue weighted by Gasteiger charge is -2.29. The molecule has 5 nitrogen and oxygen atoms in total. The largest absolute Gasteiger partial charge is 0.462 e. The monoisotopic (exact) mass is 400 g/mol. The van der Waals surface area contributed by atoms with E-state index in [1.54, 1.807) is 6.92 Å². The Bertz CT molecular complexity index is 821. The van der Waals surface area contributed by atoms with E-state index in [0.29, 0.717) is 23.7 Å². The quantitative estimate of drug-likeness (QED) is 0.722. The van der Waals surface area contributed by atoms with Crippen molar-refractivity contribution in [3.63, 3.8) is 0 Å². The smallest absolute Gasteiger partial charge is 0.341 e. The van der Waals surface area contributed by atoms with Gasteiger partial charge in [-0.1, -0.05) is 36.8 Å². The molecular formula is C22H28N2O3S. The molecule has 1 aliphatic rings. The van der Waals surface area contributed by atoms with Crippen molar-refractivity contribution in [2.24, 2.45) is 5.92 Å². The number of esters is 1. The highest BCUT2D eigenvalue weighted by Gasteiger charge is 2.24. The fraction of sp³-hybridized carbons (Fsp3) is 0.455. The van der Waals surface area contributed by atoms with Crippen LogP contribution in [-0.4, -0.2) is 43.0 Å². The highest BCUT2D eigenvalue weighted by molar-refractivity contribution is 7.15. The molecule has 0 atom stereocenters. The number of ether oxygens (including phenoxy) is 1. The van der Waals surface area contributed by atoms with Crippen molar-refractivity contribution in [3.05, 3.63) is 40.8 Å². The summed E-state index contributed by atoms with van der Waals surface area (Å²) in [6.45, 7) is 8.59. The molecule has 3 rings (SSSR count). The Morgan fingerprint density at radius 2 is 1.89 bits per heavy atom. The summed E-state index contributed by atoms with van der Waals surface area (Å²) >= 11 is 1.37. The first-order valence-corrected chi connectivity index (χ1v) is 10.7. The fourth-order valence-corrected chi connectivity index (χ4v) is 4.36. The van der Waals surface area contributed by atoms with Gasteiger partial charge in [0.1, 0.15) is 10.6 Å². The van der Waals surface area contributed by atoms with Crippen LogP contribution in [0, 0.1) is 12.8 Å². The number of rotatable bonds is 6. The lowest BCUT2D eigenvalue weighted by Crippen LogP contribution is -2.38. The fourth-order valence-electron chi connectivity index (χ4n) is 3.39. The average Bonchev–Trinajstić information content (AvgIpc) is 3.08. The number of carbonyl (C=O) groups excluding carboxylic acids is 2. The van der Waals surface area contributed by atoms with Crippen LogP contribution in [0.25, 0.3) is 11.1 Å². The maximum atomic E-state index is 12.6. The van der Waals surface area contributed by atoms with E-state index < -0.39 is 5.97 Å². The number of hydrogen-bond acceptors (Lipinski definition) is 5. The molecule has 1 aromatic carbocycles. The van der Waals surface area contributed by atoms with E-state index in [1.807, 2.05) is 36.6 Å². The zero-order valence-electron chi connectivity index (χ0n) is 16.8. The molecule has 2 aromatic rings. The van der Waals surface area contributed by atoms with Crippen molar-refractivity contribution in [1.82, 2.24) is 4.90 Å². The van der Waals surface area contributed by atoms with Gasteiger partial charge in [0.25, 0.3) is 0 Å². The minimum atomic E-state index is -0.401. The second-order valence-corrected chi connectivity index (χ2v) is 8.33. The Labute approximate surface area is 170 Å². The third kappa shape index (κ3) is 5.00. The van der Waals surface area contributed by atoms with Crippen LogP contribution in [0.1, 0.15) is 42.6 Å². The topological polar surface area (TPSA) is 58.6 Å². The SMILES string of the molecule is CCOC(=O)c1c(-c2ccc(C)cc2)csc1NC(=O)CN1CCC(C)CC1. The second kappa shape index (κ2) is 9.34. The summed E-state index contributed by atoms with van der Waals surface area (Å²) in [6.07, 6.45) is 2.25. The van der Waals surface area contributed by atoms with E-state index in [0.717, 1.165) is 48.5 Å². The van der Waals surface area contributed by atoms with E-state index in [9.17, 15) is 9.59 Å². The van der Waals surface area contributed by atoms with Crippen molar-refractivity contribution >= 4 is 28.2 Å². The predicted octanol–water partition coefficient (Wildman–Crippen LogP) is 4.57. The number of nitrogens with one attached hydrogen (secondary N) is 1. The average molecular weight is 401 g/mol. The van der Waals surface area contributed by atoms with Crippen LogP contribution in [0.15, 0.2) is 29.6 Å². The minimum absolute atomic E-state index is 0.0857. The Balaban J connectivity index is 1.79. The first-order valence-electron chi connectivity index (χ1n) is 9.85. The molecule has 6 heteroatoms. The van der Waals surface area contributed by atoms with E-state index in [2.05, 4.69) is 17.1 Å². The van der Waals surface area contributed by atoms with E-state index in [1.165, 1.54) is 11.3 Å². The Hall–Kier alpha value is -2.18. The Morgan fingerprint density at radius 3 is 2.54 bits per heavy atom. The second-order valence-electron chi connectivity index (χ2n) is 7.45. The summed E-state index contributed by atoms with van der Waals surface area (Å²) in [5.41, 5.74) is 3.33. The molecule has 1 saturated heterocycles. The molecule has 1 fully saturated rings. The standard InChI is InChI=1S/C22H28N2O3S/c1-4-27-22(26)20-18(17-7-5-15(2)6-8-17)14-28-21(20)23-19(25)13-24-11-9-16(3)10-12-24/h5-8,14,16H,4,9-13H2,1-3H3,(H,23,25). The van der Waals surface area contributed by atoms with Gasteiger partial charge in [0.05, 0.1) is 13.2 Å². The van der Waals surface area contributed by atoms with Crippen molar-refractivity contribution in [1.29, 1.82) is 0 Å². The van der Waals surface area contributed by atoms with Gasteiger partial charge < -0.3 is 10.1 Å². The van der Waals surface area contributed by atoms with Gasteiger partial charge in [-0.3, -0.25) is 9.69 Å². The summed E-state index contributed by atoms with van der Waals surface area (Å²) < 4.78 is 5.26. The van der Waals surface area contributed by atoms with Gasteiger partial charge in [-0.2, -0.15) is 0 Å². The molecule has 1 aliphatic heterocycles. The number of hydrogen-bond donors (Lipinski definition) is 1. The first kappa shape index (κ1) is 20.6. The number of benzene rings is 1. The zero-order chi connectivity index (χ0) is 20.1. The molecule has 0 radical (unpaired) electrons. The normalized spacial score (nSPS) is 15.4. The van der Waals surface area contributed by atoms with E-state index >= 15 is 0 Å². The first-order chi connectivity index (χ1) is 13.5. The highest BCUT2D eigenvalue weighted by atomic mass is 32.1. The molecule has 0 saturated carbocycles. The predicted molar refractivity (Wildman–Crippen MR) is 114 cm³/mol. The number of anilines is 1.